The summed E-state index contributed by atoms with van der Waals surface area (Å²) < 4.78 is 18.0. The fraction of sp³-hybridized carbons (Fsp3) is 0.525. The first-order valence-electron chi connectivity index (χ1n) is 17.5. The van der Waals surface area contributed by atoms with Gasteiger partial charge in [0.25, 0.3) is 0 Å². The number of amides is 1. The Kier molecular flexibility index (Phi) is 14.4. The first kappa shape index (κ1) is 35.5. The number of hydrogen-bond acceptors (Lipinski definition) is 5. The molecule has 0 bridgehead atoms. The number of benzene rings is 3. The summed E-state index contributed by atoms with van der Waals surface area (Å²) in [7, 11) is 3.32. The molecule has 0 aromatic heterocycles. The molecule has 3 aromatic carbocycles. The number of nitrogens with zero attached hydrogens (tertiary/aromatic N) is 1. The summed E-state index contributed by atoms with van der Waals surface area (Å²) in [5.74, 6) is 1.64. The van der Waals surface area contributed by atoms with Crippen molar-refractivity contribution >= 4 is 5.91 Å². The van der Waals surface area contributed by atoms with Crippen molar-refractivity contribution in [3.8, 4) is 11.5 Å². The van der Waals surface area contributed by atoms with Crippen LogP contribution in [0, 0.1) is 0 Å². The number of unbranched alkanes of at least 4 members (excludes halogenated alkanes) is 10. The van der Waals surface area contributed by atoms with E-state index in [1.54, 1.807) is 14.2 Å². The Bertz CT molecular complexity index is 1230. The molecule has 1 aliphatic rings. The Morgan fingerprint density at radius 3 is 1.70 bits per heavy atom. The lowest BCUT2D eigenvalue weighted by Gasteiger charge is -2.38. The van der Waals surface area contributed by atoms with Crippen molar-refractivity contribution in [2.75, 3.05) is 27.4 Å². The Morgan fingerprint density at radius 1 is 0.717 bits per heavy atom. The van der Waals surface area contributed by atoms with Crippen LogP contribution in [0.4, 0.5) is 0 Å². The van der Waals surface area contributed by atoms with Crippen LogP contribution in [-0.4, -0.2) is 55.4 Å². The van der Waals surface area contributed by atoms with Crippen LogP contribution >= 0.6 is 0 Å². The second kappa shape index (κ2) is 18.7. The summed E-state index contributed by atoms with van der Waals surface area (Å²) in [4.78, 5) is 15.3. The van der Waals surface area contributed by atoms with E-state index in [4.69, 9.17) is 14.2 Å². The monoisotopic (exact) mass is 629 g/mol. The van der Waals surface area contributed by atoms with Gasteiger partial charge in [0.1, 0.15) is 17.1 Å². The molecule has 46 heavy (non-hydrogen) atoms. The average molecular weight is 630 g/mol. The molecule has 1 aliphatic heterocycles. The minimum absolute atomic E-state index is 0.111. The van der Waals surface area contributed by atoms with Gasteiger partial charge in [-0.25, -0.2) is 0 Å². The van der Waals surface area contributed by atoms with E-state index in [1.807, 2.05) is 71.6 Å². The van der Waals surface area contributed by atoms with E-state index >= 15 is 0 Å². The third-order valence-corrected chi connectivity index (χ3v) is 9.37. The molecule has 250 valence electrons. The van der Waals surface area contributed by atoms with Crippen LogP contribution in [0.15, 0.2) is 78.9 Å². The Morgan fingerprint density at radius 2 is 1.20 bits per heavy atom. The Hall–Kier alpha value is -3.35. The summed E-state index contributed by atoms with van der Waals surface area (Å²) >= 11 is 0. The van der Waals surface area contributed by atoms with Gasteiger partial charge in [-0.2, -0.15) is 0 Å². The van der Waals surface area contributed by atoms with Gasteiger partial charge in [-0.15, -0.1) is 0 Å². The maximum absolute atomic E-state index is 13.5. The number of hydrogen-bond donors (Lipinski definition) is 1. The molecule has 1 N–H and O–H groups in total. The van der Waals surface area contributed by atoms with Gasteiger partial charge >= 0.3 is 0 Å². The molecule has 1 amide bonds. The third kappa shape index (κ3) is 9.59. The zero-order valence-corrected chi connectivity index (χ0v) is 28.3. The molecule has 2 atom stereocenters. The molecule has 6 heteroatoms. The van der Waals surface area contributed by atoms with Crippen molar-refractivity contribution in [1.29, 1.82) is 0 Å². The second-order valence-corrected chi connectivity index (χ2v) is 12.7. The molecule has 0 radical (unpaired) electrons. The number of methoxy groups -OCH3 is 2. The third-order valence-electron chi connectivity index (χ3n) is 9.37. The van der Waals surface area contributed by atoms with E-state index in [1.165, 1.54) is 57.8 Å². The zero-order valence-electron chi connectivity index (χ0n) is 28.3. The van der Waals surface area contributed by atoms with Crippen molar-refractivity contribution < 1.29 is 24.1 Å². The largest absolute Gasteiger partial charge is 0.497 e. The van der Waals surface area contributed by atoms with Gasteiger partial charge < -0.3 is 24.2 Å². The molecule has 1 saturated heterocycles. The average Bonchev–Trinajstić information content (AvgIpc) is 3.48. The summed E-state index contributed by atoms with van der Waals surface area (Å²) in [6.45, 7) is 2.90. The SMILES string of the molecule is CCCCCCCCCCCCCC(=O)N1C[C@H](O)C[C@H]1COC(c1ccccc1)(c1ccc(OC)cc1)c1ccc(OC)cc1. The molecule has 6 nitrogen and oxygen atoms in total. The van der Waals surface area contributed by atoms with Gasteiger partial charge in [-0.05, 0) is 53.8 Å². The molecular formula is C40H55NO5. The molecule has 0 saturated carbocycles. The number of carbonyl (C=O) groups is 1. The fourth-order valence-corrected chi connectivity index (χ4v) is 6.73. The lowest BCUT2D eigenvalue weighted by Crippen LogP contribution is -2.42. The maximum Gasteiger partial charge on any atom is 0.222 e. The predicted molar refractivity (Wildman–Crippen MR) is 185 cm³/mol. The van der Waals surface area contributed by atoms with Crippen LogP contribution < -0.4 is 9.47 Å². The van der Waals surface area contributed by atoms with Crippen LogP contribution in [0.2, 0.25) is 0 Å². The second-order valence-electron chi connectivity index (χ2n) is 12.7. The van der Waals surface area contributed by atoms with Gasteiger partial charge in [0.05, 0.1) is 33.0 Å². The summed E-state index contributed by atoms with van der Waals surface area (Å²) in [5.41, 5.74) is 1.91. The van der Waals surface area contributed by atoms with Gasteiger partial charge in [0.15, 0.2) is 0 Å². The Labute approximate surface area is 277 Å². The van der Waals surface area contributed by atoms with Crippen LogP contribution in [0.3, 0.4) is 0 Å². The van der Waals surface area contributed by atoms with Gasteiger partial charge in [0, 0.05) is 13.0 Å². The predicted octanol–water partition coefficient (Wildman–Crippen LogP) is 8.68. The minimum atomic E-state index is -0.960. The van der Waals surface area contributed by atoms with Crippen molar-refractivity contribution in [3.05, 3.63) is 95.6 Å². The number of aliphatic hydroxyl groups excluding tert-OH is 1. The minimum Gasteiger partial charge on any atom is -0.497 e. The van der Waals surface area contributed by atoms with Gasteiger partial charge in [-0.3, -0.25) is 4.79 Å². The summed E-state index contributed by atoms with van der Waals surface area (Å²) in [6, 6.07) is 25.9. The van der Waals surface area contributed by atoms with E-state index in [-0.39, 0.29) is 18.6 Å². The lowest BCUT2D eigenvalue weighted by atomic mass is 9.80. The highest BCUT2D eigenvalue weighted by Gasteiger charge is 2.41. The van der Waals surface area contributed by atoms with E-state index < -0.39 is 11.7 Å². The quantitative estimate of drug-likeness (QED) is 0.100. The summed E-state index contributed by atoms with van der Waals surface area (Å²) in [6.07, 6.45) is 14.2. The summed E-state index contributed by atoms with van der Waals surface area (Å²) in [5, 5.41) is 10.7. The van der Waals surface area contributed by atoms with Gasteiger partial charge in [-0.1, -0.05) is 126 Å². The van der Waals surface area contributed by atoms with E-state index in [0.717, 1.165) is 41.0 Å². The van der Waals surface area contributed by atoms with Crippen molar-refractivity contribution in [2.24, 2.45) is 0 Å². The molecule has 0 aliphatic carbocycles. The molecule has 0 spiro atoms. The number of ether oxygens (including phenoxy) is 3. The highest BCUT2D eigenvalue weighted by molar-refractivity contribution is 5.77. The highest BCUT2D eigenvalue weighted by Crippen LogP contribution is 2.42. The fourth-order valence-electron chi connectivity index (χ4n) is 6.73. The first-order chi connectivity index (χ1) is 22.5. The molecule has 3 aromatic rings. The molecule has 1 fully saturated rings. The van der Waals surface area contributed by atoms with E-state index in [0.29, 0.717) is 19.4 Å². The normalized spacial score (nSPS) is 16.5. The van der Waals surface area contributed by atoms with Crippen molar-refractivity contribution in [3.63, 3.8) is 0 Å². The van der Waals surface area contributed by atoms with Crippen molar-refractivity contribution in [2.45, 2.75) is 108 Å². The topological polar surface area (TPSA) is 68.2 Å². The number of carbonyl (C=O) groups excluding carboxylic acids is 1. The Balaban J connectivity index is 1.45. The number of rotatable bonds is 20. The van der Waals surface area contributed by atoms with Crippen LogP contribution in [0.1, 0.15) is 107 Å². The van der Waals surface area contributed by atoms with Crippen LogP contribution in [-0.2, 0) is 15.1 Å². The lowest BCUT2D eigenvalue weighted by molar-refractivity contribution is -0.134. The smallest absolute Gasteiger partial charge is 0.222 e. The van der Waals surface area contributed by atoms with Crippen LogP contribution in [0.5, 0.6) is 11.5 Å². The number of β-amino-alcohol motifs (C(OH)–C–C–N with tert-alkyl or cyclic N) is 1. The number of likely N-dealkylation sites (tertiary alicyclic amines) is 1. The van der Waals surface area contributed by atoms with Crippen molar-refractivity contribution in [1.82, 2.24) is 4.90 Å². The number of aliphatic hydroxyl groups is 1. The highest BCUT2D eigenvalue weighted by atomic mass is 16.5. The first-order valence-corrected chi connectivity index (χ1v) is 17.5. The molecule has 4 rings (SSSR count). The molecule has 1 heterocycles. The molecular weight excluding hydrogens is 574 g/mol. The van der Waals surface area contributed by atoms with E-state index in [9.17, 15) is 9.90 Å². The standard InChI is InChI=1S/C40H55NO5/c1-4-5-6-7-8-9-10-11-12-13-17-20-39(43)41-30-36(42)29-35(41)31-46-40(32-18-15-14-16-19-32,33-21-25-37(44-2)26-22-33)34-23-27-38(45-3)28-24-34/h14-16,18-19,21-28,35-36,42H,4-13,17,20,29-31H2,1-3H3/t35-,36+/m0/s1. The zero-order chi connectivity index (χ0) is 32.6. The van der Waals surface area contributed by atoms with E-state index in [2.05, 4.69) is 19.1 Å². The maximum atomic E-state index is 13.5. The van der Waals surface area contributed by atoms with Gasteiger partial charge in [0.2, 0.25) is 5.91 Å². The van der Waals surface area contributed by atoms with Crippen LogP contribution in [0.25, 0.3) is 0 Å². The molecule has 0 unspecified atom stereocenters.